The van der Waals surface area contributed by atoms with Crippen molar-refractivity contribution in [1.82, 2.24) is 24.7 Å². The molecule has 4 heterocycles. The SMILES string of the molecule is FC(F)Cn1ncc2ncc(N3CCC4(CC3)CC(Oc3cc(C(F)(F)F)ccn3)C4)nc21. The lowest BCUT2D eigenvalue weighted by atomic mass is 9.61. The number of hydrogen-bond acceptors (Lipinski definition) is 6. The van der Waals surface area contributed by atoms with Crippen molar-refractivity contribution in [1.29, 1.82) is 0 Å². The summed E-state index contributed by atoms with van der Waals surface area (Å²) in [6, 6.07) is 1.85. The highest BCUT2D eigenvalue weighted by Gasteiger charge is 2.47. The summed E-state index contributed by atoms with van der Waals surface area (Å²) in [5.74, 6) is 0.611. The number of fused-ring (bicyclic) bond motifs is 1. The lowest BCUT2D eigenvalue weighted by molar-refractivity contribution is -0.137. The smallest absolute Gasteiger partial charge is 0.416 e. The van der Waals surface area contributed by atoms with Gasteiger partial charge in [-0.05, 0) is 37.2 Å². The van der Waals surface area contributed by atoms with E-state index in [9.17, 15) is 22.0 Å². The monoisotopic (exact) mass is 468 g/mol. The third-order valence-corrected chi connectivity index (χ3v) is 6.46. The van der Waals surface area contributed by atoms with Gasteiger partial charge in [-0.2, -0.15) is 18.3 Å². The molecule has 1 saturated carbocycles. The van der Waals surface area contributed by atoms with E-state index >= 15 is 0 Å². The van der Waals surface area contributed by atoms with E-state index in [1.807, 2.05) is 0 Å². The van der Waals surface area contributed by atoms with Crippen molar-refractivity contribution in [2.45, 2.75) is 50.9 Å². The van der Waals surface area contributed by atoms with Crippen LogP contribution in [0.15, 0.2) is 30.7 Å². The van der Waals surface area contributed by atoms with Crippen LogP contribution in [0.1, 0.15) is 31.2 Å². The van der Waals surface area contributed by atoms with Crippen LogP contribution in [0.25, 0.3) is 11.2 Å². The number of ether oxygens (including phenoxy) is 1. The number of piperidine rings is 1. The van der Waals surface area contributed by atoms with Gasteiger partial charge in [-0.15, -0.1) is 0 Å². The summed E-state index contributed by atoms with van der Waals surface area (Å²) in [6.45, 7) is 0.905. The third kappa shape index (κ3) is 4.42. The number of hydrogen-bond donors (Lipinski definition) is 0. The average molecular weight is 468 g/mol. The first-order chi connectivity index (χ1) is 15.7. The molecule has 2 aliphatic rings. The van der Waals surface area contributed by atoms with Crippen LogP contribution in [0, 0.1) is 5.41 Å². The lowest BCUT2D eigenvalue weighted by Crippen LogP contribution is -2.51. The zero-order valence-electron chi connectivity index (χ0n) is 17.5. The molecule has 176 valence electrons. The quantitative estimate of drug-likeness (QED) is 0.519. The summed E-state index contributed by atoms with van der Waals surface area (Å²) in [5, 5.41) is 3.94. The Morgan fingerprint density at radius 1 is 1.12 bits per heavy atom. The molecule has 5 rings (SSSR count). The number of rotatable bonds is 5. The number of aromatic nitrogens is 5. The normalized spacial score (nSPS) is 18.8. The van der Waals surface area contributed by atoms with Gasteiger partial charge < -0.3 is 9.64 Å². The average Bonchev–Trinajstić information content (AvgIpc) is 3.14. The van der Waals surface area contributed by atoms with E-state index in [2.05, 4.69) is 25.0 Å². The lowest BCUT2D eigenvalue weighted by Gasteiger charge is -2.51. The van der Waals surface area contributed by atoms with Gasteiger partial charge in [0.1, 0.15) is 24.0 Å². The van der Waals surface area contributed by atoms with E-state index in [1.165, 1.54) is 6.20 Å². The Morgan fingerprint density at radius 3 is 2.58 bits per heavy atom. The molecule has 0 amide bonds. The summed E-state index contributed by atoms with van der Waals surface area (Å²) >= 11 is 0. The fraction of sp³-hybridized carbons (Fsp3) is 0.524. The highest BCUT2D eigenvalue weighted by molar-refractivity contribution is 5.71. The molecule has 2 fully saturated rings. The van der Waals surface area contributed by atoms with Crippen LogP contribution in [0.3, 0.4) is 0 Å². The molecule has 1 saturated heterocycles. The summed E-state index contributed by atoms with van der Waals surface area (Å²) in [4.78, 5) is 14.8. The summed E-state index contributed by atoms with van der Waals surface area (Å²) in [6.07, 6.45) is 0.288. The number of halogens is 5. The highest BCUT2D eigenvalue weighted by Crippen LogP contribution is 2.50. The van der Waals surface area contributed by atoms with Crippen molar-refractivity contribution < 1.29 is 26.7 Å². The Kier molecular flexibility index (Phi) is 5.32. The van der Waals surface area contributed by atoms with E-state index in [1.54, 1.807) is 6.20 Å². The van der Waals surface area contributed by atoms with Crippen molar-refractivity contribution in [3.63, 3.8) is 0 Å². The maximum absolute atomic E-state index is 12.9. The third-order valence-electron chi connectivity index (χ3n) is 6.46. The highest BCUT2D eigenvalue weighted by atomic mass is 19.4. The molecule has 1 spiro atoms. The van der Waals surface area contributed by atoms with Crippen molar-refractivity contribution in [2.24, 2.45) is 5.41 Å². The molecule has 1 aliphatic heterocycles. The fourth-order valence-electron chi connectivity index (χ4n) is 4.69. The van der Waals surface area contributed by atoms with Gasteiger partial charge in [-0.1, -0.05) is 0 Å². The maximum atomic E-state index is 12.9. The van der Waals surface area contributed by atoms with Crippen LogP contribution in [0.4, 0.5) is 27.8 Å². The second-order valence-electron chi connectivity index (χ2n) is 8.67. The maximum Gasteiger partial charge on any atom is 0.416 e. The minimum absolute atomic E-state index is 0.00824. The molecule has 0 unspecified atom stereocenters. The Hall–Kier alpha value is -3.05. The molecule has 1 aliphatic carbocycles. The second kappa shape index (κ2) is 8.07. The number of anilines is 1. The molecule has 0 atom stereocenters. The van der Waals surface area contributed by atoms with E-state index in [4.69, 9.17) is 4.74 Å². The van der Waals surface area contributed by atoms with Gasteiger partial charge in [0.05, 0.1) is 18.0 Å². The van der Waals surface area contributed by atoms with Gasteiger partial charge >= 0.3 is 6.18 Å². The van der Waals surface area contributed by atoms with Crippen molar-refractivity contribution in [2.75, 3.05) is 18.0 Å². The molecule has 3 aromatic heterocycles. The van der Waals surface area contributed by atoms with Gasteiger partial charge in [0.2, 0.25) is 5.88 Å². The molecule has 0 bridgehead atoms. The molecule has 0 N–H and O–H groups in total. The van der Waals surface area contributed by atoms with Crippen molar-refractivity contribution >= 4 is 17.0 Å². The zero-order chi connectivity index (χ0) is 23.2. The Bertz CT molecular complexity index is 1130. The molecule has 0 aromatic carbocycles. The van der Waals surface area contributed by atoms with Gasteiger partial charge in [0.25, 0.3) is 6.43 Å². The topological polar surface area (TPSA) is 69.0 Å². The second-order valence-corrected chi connectivity index (χ2v) is 8.67. The molecule has 12 heteroatoms. The summed E-state index contributed by atoms with van der Waals surface area (Å²) in [7, 11) is 0. The van der Waals surface area contributed by atoms with Gasteiger partial charge in [0.15, 0.2) is 5.65 Å². The van der Waals surface area contributed by atoms with Crippen molar-refractivity contribution in [3.05, 3.63) is 36.3 Å². The Labute approximate surface area is 185 Å². The van der Waals surface area contributed by atoms with Crippen LogP contribution in [-0.2, 0) is 12.7 Å². The van der Waals surface area contributed by atoms with Crippen LogP contribution in [0.2, 0.25) is 0 Å². The first-order valence-corrected chi connectivity index (χ1v) is 10.6. The number of nitrogens with zero attached hydrogens (tertiary/aromatic N) is 6. The minimum atomic E-state index is -4.43. The Morgan fingerprint density at radius 2 is 1.88 bits per heavy atom. The van der Waals surface area contributed by atoms with E-state index in [-0.39, 0.29) is 17.4 Å². The molecular weight excluding hydrogens is 447 g/mol. The minimum Gasteiger partial charge on any atom is -0.474 e. The van der Waals surface area contributed by atoms with Gasteiger partial charge in [0, 0.05) is 25.4 Å². The van der Waals surface area contributed by atoms with Crippen LogP contribution < -0.4 is 9.64 Å². The standard InChI is InChI=1S/C21H21F5N6O/c22-16(23)12-32-19-15(10-29-32)28-11-17(30-19)31-5-2-20(3-6-31)8-14(9-20)33-18-7-13(1-4-27-18)21(24,25)26/h1,4,7,10-11,14,16H,2-3,5-6,8-9,12H2. The van der Waals surface area contributed by atoms with Crippen LogP contribution in [-0.4, -0.2) is 50.4 Å². The zero-order valence-corrected chi connectivity index (χ0v) is 17.5. The number of alkyl halides is 5. The predicted molar refractivity (Wildman–Crippen MR) is 108 cm³/mol. The first-order valence-electron chi connectivity index (χ1n) is 10.6. The first kappa shape index (κ1) is 21.8. The predicted octanol–water partition coefficient (Wildman–Crippen LogP) is 4.33. The Balaban J connectivity index is 1.19. The van der Waals surface area contributed by atoms with E-state index in [0.29, 0.717) is 17.0 Å². The van der Waals surface area contributed by atoms with Crippen molar-refractivity contribution in [3.8, 4) is 5.88 Å². The fourth-order valence-corrected chi connectivity index (χ4v) is 4.69. The van der Waals surface area contributed by atoms with Gasteiger partial charge in [-0.3, -0.25) is 0 Å². The van der Waals surface area contributed by atoms with E-state index in [0.717, 1.165) is 61.8 Å². The van der Waals surface area contributed by atoms with E-state index < -0.39 is 24.7 Å². The van der Waals surface area contributed by atoms with Crippen LogP contribution in [0.5, 0.6) is 5.88 Å². The largest absolute Gasteiger partial charge is 0.474 e. The molecule has 0 radical (unpaired) electrons. The van der Waals surface area contributed by atoms with Crippen LogP contribution >= 0.6 is 0 Å². The van der Waals surface area contributed by atoms with Gasteiger partial charge in [-0.25, -0.2) is 28.4 Å². The summed E-state index contributed by atoms with van der Waals surface area (Å²) < 4.78 is 71.0. The summed E-state index contributed by atoms with van der Waals surface area (Å²) in [5.41, 5.74) is 0.106. The number of pyridine rings is 1. The molecular formula is C21H21F5N6O. The molecule has 33 heavy (non-hydrogen) atoms. The molecule has 7 nitrogen and oxygen atoms in total. The molecule has 3 aromatic rings.